The molecule has 1 aromatic carbocycles. The number of anilines is 1. The first-order chi connectivity index (χ1) is 9.43. The molecule has 0 amide bonds. The van der Waals surface area contributed by atoms with Crippen LogP contribution in [0.1, 0.15) is 17.0 Å². The van der Waals surface area contributed by atoms with E-state index in [1.54, 1.807) is 32.0 Å². The molecule has 0 aliphatic carbocycles. The topological polar surface area (TPSA) is 66.1 Å². The van der Waals surface area contributed by atoms with E-state index >= 15 is 0 Å². The summed E-state index contributed by atoms with van der Waals surface area (Å²) in [5, 5.41) is 7.30. The third kappa shape index (κ3) is 1.83. The largest absolute Gasteiger partial charge is 0.281 e. The van der Waals surface area contributed by atoms with Crippen molar-refractivity contribution in [2.75, 3.05) is 10.8 Å². The lowest BCUT2D eigenvalue weighted by molar-refractivity contribution is 0.591. The summed E-state index contributed by atoms with van der Waals surface area (Å²) >= 11 is 6.13. The number of fused-ring (bicyclic) bond motifs is 1. The predicted octanol–water partition coefficient (Wildman–Crippen LogP) is 2.43. The van der Waals surface area contributed by atoms with E-state index in [0.29, 0.717) is 35.1 Å². The number of hydrogen-bond donors (Lipinski definition) is 1. The Morgan fingerprint density at radius 2 is 2.10 bits per heavy atom. The molecular weight excluding hydrogens is 298 g/mol. The third-order valence-corrected chi connectivity index (χ3v) is 5.97. The van der Waals surface area contributed by atoms with Crippen molar-refractivity contribution >= 4 is 27.3 Å². The number of nitrogens with one attached hydrogen (secondary N) is 1. The summed E-state index contributed by atoms with van der Waals surface area (Å²) in [5.74, 6) is 0. The summed E-state index contributed by atoms with van der Waals surface area (Å²) in [4.78, 5) is 0.255. The Labute approximate surface area is 122 Å². The first kappa shape index (κ1) is 13.5. The Morgan fingerprint density at radius 3 is 2.75 bits per heavy atom. The SMILES string of the molecule is Cc1n[nH]c(C)c1S(=O)(=O)N1CCc2c(Cl)cccc21. The van der Waals surface area contributed by atoms with Gasteiger partial charge in [-0.1, -0.05) is 17.7 Å². The van der Waals surface area contributed by atoms with E-state index in [2.05, 4.69) is 10.2 Å². The van der Waals surface area contributed by atoms with Crippen molar-refractivity contribution in [3.63, 3.8) is 0 Å². The van der Waals surface area contributed by atoms with Gasteiger partial charge in [-0.3, -0.25) is 9.40 Å². The molecule has 20 heavy (non-hydrogen) atoms. The van der Waals surface area contributed by atoms with Crippen LogP contribution in [-0.2, 0) is 16.4 Å². The molecule has 1 aliphatic heterocycles. The van der Waals surface area contributed by atoms with Crippen LogP contribution in [0, 0.1) is 13.8 Å². The fraction of sp³-hybridized carbons (Fsp3) is 0.308. The van der Waals surface area contributed by atoms with Gasteiger partial charge in [-0.05, 0) is 38.0 Å². The van der Waals surface area contributed by atoms with Crippen molar-refractivity contribution in [2.24, 2.45) is 0 Å². The molecule has 0 spiro atoms. The molecule has 0 atom stereocenters. The number of aromatic amines is 1. The van der Waals surface area contributed by atoms with Crippen LogP contribution in [0.15, 0.2) is 23.1 Å². The Hall–Kier alpha value is -1.53. The maximum absolute atomic E-state index is 12.8. The lowest BCUT2D eigenvalue weighted by atomic mass is 10.2. The van der Waals surface area contributed by atoms with Crippen molar-refractivity contribution in [3.8, 4) is 0 Å². The molecule has 1 N–H and O–H groups in total. The number of aromatic nitrogens is 2. The number of H-pyrrole nitrogens is 1. The van der Waals surface area contributed by atoms with E-state index < -0.39 is 10.0 Å². The van der Waals surface area contributed by atoms with Crippen molar-refractivity contribution in [1.29, 1.82) is 0 Å². The van der Waals surface area contributed by atoms with Gasteiger partial charge in [0.05, 0.1) is 17.1 Å². The lowest BCUT2D eigenvalue weighted by Gasteiger charge is -2.19. The summed E-state index contributed by atoms with van der Waals surface area (Å²) in [6.45, 7) is 3.80. The molecule has 0 unspecified atom stereocenters. The molecule has 2 aromatic rings. The standard InChI is InChI=1S/C13H14ClN3O2S/c1-8-13(9(2)16-15-8)20(18,19)17-7-6-10-11(14)4-3-5-12(10)17/h3-5H,6-7H2,1-2H3,(H,15,16). The highest BCUT2D eigenvalue weighted by Crippen LogP contribution is 2.37. The van der Waals surface area contributed by atoms with E-state index in [1.807, 2.05) is 0 Å². The fourth-order valence-corrected chi connectivity index (χ4v) is 4.74. The van der Waals surface area contributed by atoms with Gasteiger partial charge in [0.2, 0.25) is 0 Å². The van der Waals surface area contributed by atoms with Gasteiger partial charge < -0.3 is 0 Å². The minimum Gasteiger partial charge on any atom is -0.281 e. The predicted molar refractivity (Wildman–Crippen MR) is 77.7 cm³/mol. The molecule has 3 rings (SSSR count). The van der Waals surface area contributed by atoms with E-state index in [0.717, 1.165) is 5.56 Å². The number of benzene rings is 1. The fourth-order valence-electron chi connectivity index (χ4n) is 2.64. The van der Waals surface area contributed by atoms with Crippen LogP contribution in [0.2, 0.25) is 5.02 Å². The summed E-state index contributed by atoms with van der Waals surface area (Å²) in [7, 11) is -3.61. The van der Waals surface area contributed by atoms with Crippen molar-refractivity contribution in [2.45, 2.75) is 25.2 Å². The molecule has 7 heteroatoms. The zero-order valence-electron chi connectivity index (χ0n) is 11.1. The zero-order valence-corrected chi connectivity index (χ0v) is 12.7. The molecule has 0 radical (unpaired) electrons. The van der Waals surface area contributed by atoms with Gasteiger partial charge in [0, 0.05) is 11.6 Å². The number of sulfonamides is 1. The van der Waals surface area contributed by atoms with Crippen molar-refractivity contribution in [3.05, 3.63) is 40.2 Å². The molecule has 0 saturated heterocycles. The highest BCUT2D eigenvalue weighted by atomic mass is 35.5. The monoisotopic (exact) mass is 311 g/mol. The highest BCUT2D eigenvalue weighted by molar-refractivity contribution is 7.93. The van der Waals surface area contributed by atoms with Crippen molar-refractivity contribution < 1.29 is 8.42 Å². The van der Waals surface area contributed by atoms with Gasteiger partial charge in [-0.25, -0.2) is 8.42 Å². The molecule has 5 nitrogen and oxygen atoms in total. The quantitative estimate of drug-likeness (QED) is 0.926. The second-order valence-electron chi connectivity index (χ2n) is 4.83. The average Bonchev–Trinajstić information content (AvgIpc) is 2.95. The van der Waals surface area contributed by atoms with E-state index in [-0.39, 0.29) is 4.90 Å². The lowest BCUT2D eigenvalue weighted by Crippen LogP contribution is -2.29. The van der Waals surface area contributed by atoms with Gasteiger partial charge in [-0.2, -0.15) is 5.10 Å². The Morgan fingerprint density at radius 1 is 1.35 bits per heavy atom. The van der Waals surface area contributed by atoms with E-state index in [4.69, 9.17) is 11.6 Å². The van der Waals surface area contributed by atoms with Crippen LogP contribution in [0.4, 0.5) is 5.69 Å². The Bertz CT molecular complexity index is 763. The number of hydrogen-bond acceptors (Lipinski definition) is 3. The maximum Gasteiger partial charge on any atom is 0.268 e. The Balaban J connectivity index is 2.15. The molecule has 0 fully saturated rings. The van der Waals surface area contributed by atoms with Crippen LogP contribution in [0.3, 0.4) is 0 Å². The van der Waals surface area contributed by atoms with Crippen LogP contribution in [0.25, 0.3) is 0 Å². The van der Waals surface area contributed by atoms with E-state index in [1.165, 1.54) is 4.31 Å². The van der Waals surface area contributed by atoms with Gasteiger partial charge in [0.1, 0.15) is 4.90 Å². The summed E-state index contributed by atoms with van der Waals surface area (Å²) in [6.07, 6.45) is 0.629. The van der Waals surface area contributed by atoms with Crippen LogP contribution >= 0.6 is 11.6 Å². The molecule has 1 aliphatic rings. The molecular formula is C13H14ClN3O2S. The minimum atomic E-state index is -3.61. The smallest absolute Gasteiger partial charge is 0.268 e. The maximum atomic E-state index is 12.8. The second kappa shape index (κ2) is 4.49. The van der Waals surface area contributed by atoms with Gasteiger partial charge in [0.15, 0.2) is 0 Å². The second-order valence-corrected chi connectivity index (χ2v) is 7.03. The number of aryl methyl sites for hydroxylation is 2. The first-order valence-corrected chi connectivity index (χ1v) is 8.06. The third-order valence-electron chi connectivity index (χ3n) is 3.54. The number of halogens is 1. The van der Waals surface area contributed by atoms with Crippen LogP contribution in [0.5, 0.6) is 0 Å². The summed E-state index contributed by atoms with van der Waals surface area (Å²) in [5.41, 5.74) is 2.59. The number of rotatable bonds is 2. The van der Waals surface area contributed by atoms with E-state index in [9.17, 15) is 8.42 Å². The van der Waals surface area contributed by atoms with Crippen LogP contribution < -0.4 is 4.31 Å². The van der Waals surface area contributed by atoms with Gasteiger partial charge in [0.25, 0.3) is 10.0 Å². The Kier molecular flexibility index (Phi) is 3.02. The summed E-state index contributed by atoms with van der Waals surface area (Å²) < 4.78 is 27.1. The average molecular weight is 312 g/mol. The first-order valence-electron chi connectivity index (χ1n) is 6.24. The van der Waals surface area contributed by atoms with Gasteiger partial charge >= 0.3 is 0 Å². The van der Waals surface area contributed by atoms with Crippen LogP contribution in [-0.4, -0.2) is 25.2 Å². The number of nitrogens with zero attached hydrogens (tertiary/aromatic N) is 2. The van der Waals surface area contributed by atoms with Gasteiger partial charge in [-0.15, -0.1) is 0 Å². The molecule has 106 valence electrons. The minimum absolute atomic E-state index is 0.255. The molecule has 2 heterocycles. The summed E-state index contributed by atoms with van der Waals surface area (Å²) in [6, 6.07) is 5.34. The molecule has 1 aromatic heterocycles. The highest BCUT2D eigenvalue weighted by Gasteiger charge is 2.34. The molecule has 0 saturated carbocycles. The molecule has 0 bridgehead atoms. The van der Waals surface area contributed by atoms with Crippen molar-refractivity contribution in [1.82, 2.24) is 10.2 Å². The zero-order chi connectivity index (χ0) is 14.5. The normalized spacial score (nSPS) is 14.7.